The first-order valence-corrected chi connectivity index (χ1v) is 2.03. The van der Waals surface area contributed by atoms with Gasteiger partial charge in [0.2, 0.25) is 0 Å². The van der Waals surface area contributed by atoms with Crippen LogP contribution in [0.2, 0.25) is 0 Å². The number of halogens is 1. The van der Waals surface area contributed by atoms with Crippen molar-refractivity contribution in [3.8, 4) is 0 Å². The second-order valence-electron chi connectivity index (χ2n) is 1.03. The summed E-state index contributed by atoms with van der Waals surface area (Å²) < 4.78 is 11.1. The fraction of sp³-hybridized carbons (Fsp3) is 0.200. The van der Waals surface area contributed by atoms with Gasteiger partial charge in [0.15, 0.2) is 0 Å². The maximum absolute atomic E-state index is 11.1. The van der Waals surface area contributed by atoms with E-state index in [0.717, 1.165) is 0 Å². The predicted molar refractivity (Wildman–Crippen MR) is 29.8 cm³/mol. The Morgan fingerprint density at radius 1 is 1.43 bits per heavy atom. The van der Waals surface area contributed by atoms with Crippen LogP contribution < -0.4 is 0 Å². The van der Waals surface area contributed by atoms with Gasteiger partial charge >= 0.3 is 0 Å². The Morgan fingerprint density at radius 3 is 2.57 bits per heavy atom. The first-order chi connectivity index (χ1) is 3.41. The molecule has 0 aromatic heterocycles. The largest absolute Gasteiger partial charge is 0.216 e. The molecule has 0 atom stereocenters. The molecule has 0 bridgehead atoms. The molecule has 0 nitrogen and oxygen atoms in total. The van der Waals surface area contributed by atoms with Crippen molar-refractivity contribution < 1.29 is 4.39 Å². The van der Waals surface area contributed by atoms with E-state index in [4.69, 9.17) is 7.85 Å². The van der Waals surface area contributed by atoms with Gasteiger partial charge < -0.3 is 0 Å². The molecule has 0 heterocycles. The fourth-order valence-electron chi connectivity index (χ4n) is 0.209. The molecule has 0 N–H and O–H groups in total. The molecule has 0 amide bonds. The summed E-state index contributed by atoms with van der Waals surface area (Å²) in [4.78, 5) is 0. The summed E-state index contributed by atoms with van der Waals surface area (Å²) >= 11 is 0. The van der Waals surface area contributed by atoms with Crippen molar-refractivity contribution in [2.45, 2.75) is 6.42 Å². The molecule has 0 saturated carbocycles. The number of allylic oxidation sites excluding steroid dienone is 2. The maximum atomic E-state index is 11.1. The average molecular weight is 95.9 g/mol. The number of hydrogen-bond donors (Lipinski definition) is 0. The maximum Gasteiger partial charge on any atom is 0.102 e. The zero-order valence-corrected chi connectivity index (χ0v) is 3.97. The predicted octanol–water partition coefficient (Wildman–Crippen LogP) is 1.54. The van der Waals surface area contributed by atoms with Crippen molar-refractivity contribution in [3.63, 3.8) is 0 Å². The monoisotopic (exact) mass is 96.1 g/mol. The Balaban J connectivity index is 2.98. The Kier molecular flexibility index (Phi) is 5.06. The molecule has 36 valence electrons. The van der Waals surface area contributed by atoms with Crippen LogP contribution in [0.1, 0.15) is 6.42 Å². The Bertz CT molecular complexity index is 66.1. The van der Waals surface area contributed by atoms with Crippen molar-refractivity contribution >= 4 is 7.85 Å². The van der Waals surface area contributed by atoms with Gasteiger partial charge in [-0.15, -0.1) is 5.98 Å². The first-order valence-electron chi connectivity index (χ1n) is 2.03. The van der Waals surface area contributed by atoms with E-state index in [-0.39, 0.29) is 0 Å². The highest BCUT2D eigenvalue weighted by molar-refractivity contribution is 6.16. The van der Waals surface area contributed by atoms with E-state index in [1.165, 1.54) is 12.1 Å². The second-order valence-corrected chi connectivity index (χ2v) is 1.03. The lowest BCUT2D eigenvalue weighted by atomic mass is 10.1. The van der Waals surface area contributed by atoms with E-state index < -0.39 is 0 Å². The van der Waals surface area contributed by atoms with Crippen LogP contribution in [0, 0.1) is 0 Å². The molecular formula is C5H6BF. The van der Waals surface area contributed by atoms with Crippen LogP contribution in [-0.4, -0.2) is 7.85 Å². The van der Waals surface area contributed by atoms with Crippen molar-refractivity contribution in [1.82, 2.24) is 0 Å². The van der Waals surface area contributed by atoms with E-state index in [0.29, 0.717) is 12.8 Å². The highest BCUT2D eigenvalue weighted by Gasteiger charge is 1.63. The van der Waals surface area contributed by atoms with E-state index in [1.807, 2.05) is 0 Å². The number of rotatable bonds is 2. The summed E-state index contributed by atoms with van der Waals surface area (Å²) in [6.07, 6.45) is 4.12. The Labute approximate surface area is 44.1 Å². The van der Waals surface area contributed by atoms with E-state index >= 15 is 0 Å². The lowest BCUT2D eigenvalue weighted by Crippen LogP contribution is -1.54. The summed E-state index contributed by atoms with van der Waals surface area (Å²) in [5, 5.41) is 0. The van der Waals surface area contributed by atoms with Gasteiger partial charge in [-0.2, -0.15) is 0 Å². The van der Waals surface area contributed by atoms with Crippen LogP contribution in [0.15, 0.2) is 24.5 Å². The molecule has 0 aliphatic rings. The van der Waals surface area contributed by atoms with Crippen LogP contribution in [0.3, 0.4) is 0 Å². The Hall–Kier alpha value is -0.525. The summed E-state index contributed by atoms with van der Waals surface area (Å²) in [6, 6.07) is 0. The van der Waals surface area contributed by atoms with Gasteiger partial charge in [0.25, 0.3) is 0 Å². The second kappa shape index (κ2) is 5.47. The first kappa shape index (κ1) is 6.47. The SMILES string of the molecule is [B]/C=C\C/C=C\F. The van der Waals surface area contributed by atoms with Crippen molar-refractivity contribution in [1.29, 1.82) is 0 Å². The molecule has 0 aromatic rings. The molecule has 7 heavy (non-hydrogen) atoms. The van der Waals surface area contributed by atoms with Crippen LogP contribution in [0.5, 0.6) is 0 Å². The van der Waals surface area contributed by atoms with Gasteiger partial charge in [-0.05, 0) is 6.42 Å². The minimum Gasteiger partial charge on any atom is -0.216 e. The van der Waals surface area contributed by atoms with Crippen molar-refractivity contribution in [3.05, 3.63) is 24.5 Å². The van der Waals surface area contributed by atoms with Crippen molar-refractivity contribution in [2.75, 3.05) is 0 Å². The zero-order valence-electron chi connectivity index (χ0n) is 3.97. The van der Waals surface area contributed by atoms with Crippen LogP contribution in [0.25, 0.3) is 0 Å². The van der Waals surface area contributed by atoms with Gasteiger partial charge in [-0.1, -0.05) is 12.2 Å². The third-order valence-electron chi connectivity index (χ3n) is 0.497. The number of hydrogen-bond acceptors (Lipinski definition) is 0. The van der Waals surface area contributed by atoms with Gasteiger partial charge in [-0.3, -0.25) is 0 Å². The summed E-state index contributed by atoms with van der Waals surface area (Å²) in [5.41, 5.74) is 0. The van der Waals surface area contributed by atoms with Crippen molar-refractivity contribution in [2.24, 2.45) is 0 Å². The molecule has 2 heteroatoms. The normalized spacial score (nSPS) is 11.6. The quantitative estimate of drug-likeness (QED) is 0.457. The Morgan fingerprint density at radius 2 is 2.14 bits per heavy atom. The van der Waals surface area contributed by atoms with Crippen LogP contribution >= 0.6 is 0 Å². The van der Waals surface area contributed by atoms with Crippen LogP contribution in [-0.2, 0) is 0 Å². The van der Waals surface area contributed by atoms with E-state index in [1.54, 1.807) is 6.08 Å². The van der Waals surface area contributed by atoms with Gasteiger partial charge in [0.05, 0.1) is 6.33 Å². The molecule has 2 radical (unpaired) electrons. The third-order valence-corrected chi connectivity index (χ3v) is 0.497. The molecule has 0 aliphatic carbocycles. The van der Waals surface area contributed by atoms with Crippen LogP contribution in [0.4, 0.5) is 4.39 Å². The molecular weight excluding hydrogens is 89.9 g/mol. The molecule has 0 aromatic carbocycles. The average Bonchev–Trinajstić information content (AvgIpc) is 1.69. The smallest absolute Gasteiger partial charge is 0.102 e. The third kappa shape index (κ3) is 5.47. The summed E-state index contributed by atoms with van der Waals surface area (Å²) in [6.45, 7) is 0. The molecule has 0 unspecified atom stereocenters. The van der Waals surface area contributed by atoms with Gasteiger partial charge in [-0.25, -0.2) is 4.39 Å². The minimum atomic E-state index is 0.500. The van der Waals surface area contributed by atoms with Gasteiger partial charge in [0, 0.05) is 0 Å². The lowest BCUT2D eigenvalue weighted by molar-refractivity contribution is 0.717. The topological polar surface area (TPSA) is 0 Å². The van der Waals surface area contributed by atoms with Gasteiger partial charge in [0.1, 0.15) is 7.85 Å². The fourth-order valence-corrected chi connectivity index (χ4v) is 0.209. The highest BCUT2D eigenvalue weighted by atomic mass is 19.1. The highest BCUT2D eigenvalue weighted by Crippen LogP contribution is 1.82. The zero-order chi connectivity index (χ0) is 5.54. The lowest BCUT2D eigenvalue weighted by Gasteiger charge is -1.71. The summed E-state index contributed by atoms with van der Waals surface area (Å²) in [5.74, 6) is 1.39. The van der Waals surface area contributed by atoms with E-state index in [9.17, 15) is 4.39 Å². The minimum absolute atomic E-state index is 0.500. The summed E-state index contributed by atoms with van der Waals surface area (Å²) in [7, 11) is 4.93. The molecule has 0 rings (SSSR count). The molecule has 0 fully saturated rings. The standard InChI is InChI=1S/C5H6BF/c6-4-2-1-3-5-7/h2-5H,1H2/b4-2-,5-3-. The van der Waals surface area contributed by atoms with E-state index in [2.05, 4.69) is 0 Å². The molecule has 0 saturated heterocycles. The molecule has 0 spiro atoms. The molecule has 0 aliphatic heterocycles.